The molecule has 92 valence electrons. The third-order valence-electron chi connectivity index (χ3n) is 2.68. The lowest BCUT2D eigenvalue weighted by molar-refractivity contribution is 0.614. The van der Waals surface area contributed by atoms with Crippen LogP contribution in [-0.4, -0.2) is 17.4 Å². The van der Waals surface area contributed by atoms with Gasteiger partial charge in [-0.25, -0.2) is 0 Å². The third kappa shape index (κ3) is 2.89. The van der Waals surface area contributed by atoms with Gasteiger partial charge in [0.05, 0.1) is 6.26 Å². The number of hydrogen-bond donors (Lipinski definition) is 1. The first-order valence-corrected chi connectivity index (χ1v) is 6.34. The number of rotatable bonds is 3. The minimum absolute atomic E-state index is 0.197. The minimum Gasteiger partial charge on any atom is -0.464 e. The fraction of sp³-hybridized carbons (Fsp3) is 0.333. The number of alkyl halides is 3. The van der Waals surface area contributed by atoms with Gasteiger partial charge in [0.1, 0.15) is 5.58 Å². The summed E-state index contributed by atoms with van der Waals surface area (Å²) in [5.74, 6) is -0.197. The fourth-order valence-electron chi connectivity index (χ4n) is 1.83. The maximum atomic E-state index is 6.01. The Morgan fingerprint density at radius 3 is 2.71 bits per heavy atom. The van der Waals surface area contributed by atoms with E-state index in [1.807, 2.05) is 31.3 Å². The van der Waals surface area contributed by atoms with E-state index in [1.54, 1.807) is 6.26 Å². The topological polar surface area (TPSA) is 25.2 Å². The van der Waals surface area contributed by atoms with Crippen LogP contribution in [0.3, 0.4) is 0 Å². The Morgan fingerprint density at radius 2 is 2.06 bits per heavy atom. The monoisotopic (exact) mass is 291 g/mol. The zero-order valence-corrected chi connectivity index (χ0v) is 11.5. The molecule has 0 aliphatic heterocycles. The van der Waals surface area contributed by atoms with E-state index in [9.17, 15) is 0 Å². The summed E-state index contributed by atoms with van der Waals surface area (Å²) in [6.07, 6.45) is 1.65. The quantitative estimate of drug-likeness (QED) is 0.861. The molecule has 0 aliphatic rings. The standard InChI is InChI=1S/C12H12Cl3NO/c1-16-7-10(12(13,14)15)8-2-3-11-9(6-8)4-5-17-11/h2-6,10,16H,7H2,1H3. The summed E-state index contributed by atoms with van der Waals surface area (Å²) in [7, 11) is 1.83. The number of benzene rings is 1. The molecule has 0 spiro atoms. The number of furan rings is 1. The second-order valence-corrected chi connectivity index (χ2v) is 6.24. The van der Waals surface area contributed by atoms with Crippen molar-refractivity contribution in [2.24, 2.45) is 0 Å². The lowest BCUT2D eigenvalue weighted by Gasteiger charge is -2.24. The van der Waals surface area contributed by atoms with E-state index in [2.05, 4.69) is 5.32 Å². The summed E-state index contributed by atoms with van der Waals surface area (Å²) in [5, 5.41) is 4.05. The summed E-state index contributed by atoms with van der Waals surface area (Å²) >= 11 is 18.0. The molecule has 0 aliphatic carbocycles. The minimum atomic E-state index is -1.33. The van der Waals surface area contributed by atoms with E-state index < -0.39 is 3.79 Å². The van der Waals surface area contributed by atoms with Crippen molar-refractivity contribution in [1.82, 2.24) is 5.32 Å². The first kappa shape index (κ1) is 13.0. The van der Waals surface area contributed by atoms with Crippen molar-refractivity contribution < 1.29 is 4.42 Å². The number of halogens is 3. The van der Waals surface area contributed by atoms with Crippen LogP contribution >= 0.6 is 34.8 Å². The van der Waals surface area contributed by atoms with Crippen molar-refractivity contribution in [3.05, 3.63) is 36.1 Å². The van der Waals surface area contributed by atoms with E-state index in [0.29, 0.717) is 6.54 Å². The van der Waals surface area contributed by atoms with Crippen LogP contribution in [0.5, 0.6) is 0 Å². The molecule has 1 unspecified atom stereocenters. The van der Waals surface area contributed by atoms with E-state index in [4.69, 9.17) is 39.2 Å². The molecule has 0 bridgehead atoms. The zero-order chi connectivity index (χ0) is 12.5. The number of likely N-dealkylation sites (N-methyl/N-ethyl adjacent to an activating group) is 1. The molecule has 5 heteroatoms. The largest absolute Gasteiger partial charge is 0.464 e. The van der Waals surface area contributed by atoms with Crippen molar-refractivity contribution in [2.45, 2.75) is 9.71 Å². The van der Waals surface area contributed by atoms with Gasteiger partial charge in [0.2, 0.25) is 0 Å². The normalized spacial score (nSPS) is 14.1. The Hall–Kier alpha value is -0.410. The first-order valence-electron chi connectivity index (χ1n) is 5.21. The molecule has 1 aromatic carbocycles. The second-order valence-electron chi connectivity index (χ2n) is 3.87. The number of hydrogen-bond acceptors (Lipinski definition) is 2. The van der Waals surface area contributed by atoms with E-state index in [-0.39, 0.29) is 5.92 Å². The highest BCUT2D eigenvalue weighted by Gasteiger charge is 2.33. The summed E-state index contributed by atoms with van der Waals surface area (Å²) in [4.78, 5) is 0. The molecular weight excluding hydrogens is 280 g/mol. The molecule has 17 heavy (non-hydrogen) atoms. The SMILES string of the molecule is CNCC(c1ccc2occc2c1)C(Cl)(Cl)Cl. The zero-order valence-electron chi connectivity index (χ0n) is 9.21. The highest BCUT2D eigenvalue weighted by atomic mass is 35.6. The first-order chi connectivity index (χ1) is 8.02. The Balaban J connectivity index is 2.40. The van der Waals surface area contributed by atoms with Crippen LogP contribution in [0.4, 0.5) is 0 Å². The number of nitrogens with one attached hydrogen (secondary N) is 1. The fourth-order valence-corrected chi connectivity index (χ4v) is 2.44. The summed E-state index contributed by atoms with van der Waals surface area (Å²) in [6.45, 7) is 0.597. The van der Waals surface area contributed by atoms with Gasteiger partial charge in [0, 0.05) is 17.8 Å². The summed E-state index contributed by atoms with van der Waals surface area (Å²) in [6, 6.07) is 7.70. The molecule has 1 atom stereocenters. The van der Waals surface area contributed by atoms with Gasteiger partial charge in [0.15, 0.2) is 3.79 Å². The van der Waals surface area contributed by atoms with Gasteiger partial charge in [-0.2, -0.15) is 0 Å². The van der Waals surface area contributed by atoms with E-state index >= 15 is 0 Å². The lowest BCUT2D eigenvalue weighted by atomic mass is 9.99. The second kappa shape index (κ2) is 5.07. The molecule has 0 radical (unpaired) electrons. The van der Waals surface area contributed by atoms with Gasteiger partial charge in [-0.05, 0) is 30.8 Å². The predicted molar refractivity (Wildman–Crippen MR) is 73.2 cm³/mol. The highest BCUT2D eigenvalue weighted by molar-refractivity contribution is 6.68. The molecule has 0 saturated heterocycles. The predicted octanol–water partition coefficient (Wildman–Crippen LogP) is 4.11. The highest BCUT2D eigenvalue weighted by Crippen LogP contribution is 2.41. The average molecular weight is 293 g/mol. The van der Waals surface area contributed by atoms with Crippen molar-refractivity contribution in [3.8, 4) is 0 Å². The van der Waals surface area contributed by atoms with Gasteiger partial charge in [-0.3, -0.25) is 0 Å². The lowest BCUT2D eigenvalue weighted by Crippen LogP contribution is -2.27. The Morgan fingerprint density at radius 1 is 1.29 bits per heavy atom. The van der Waals surface area contributed by atoms with Gasteiger partial charge in [0.25, 0.3) is 0 Å². The number of fused-ring (bicyclic) bond motifs is 1. The van der Waals surface area contributed by atoms with Crippen LogP contribution in [0.25, 0.3) is 11.0 Å². The maximum absolute atomic E-state index is 6.01. The van der Waals surface area contributed by atoms with Crippen molar-refractivity contribution in [3.63, 3.8) is 0 Å². The van der Waals surface area contributed by atoms with Crippen molar-refractivity contribution in [1.29, 1.82) is 0 Å². The Bertz CT molecular complexity index is 504. The molecule has 1 N–H and O–H groups in total. The van der Waals surface area contributed by atoms with Crippen molar-refractivity contribution in [2.75, 3.05) is 13.6 Å². The molecule has 0 saturated carbocycles. The molecule has 0 fully saturated rings. The van der Waals surface area contributed by atoms with E-state index in [0.717, 1.165) is 16.5 Å². The Kier molecular flexibility index (Phi) is 3.88. The molecule has 0 amide bonds. The van der Waals surface area contributed by atoms with Crippen LogP contribution in [0.15, 0.2) is 34.9 Å². The van der Waals surface area contributed by atoms with Gasteiger partial charge in [-0.15, -0.1) is 0 Å². The van der Waals surface area contributed by atoms with Gasteiger partial charge < -0.3 is 9.73 Å². The molecule has 2 rings (SSSR count). The summed E-state index contributed by atoms with van der Waals surface area (Å²) in [5.41, 5.74) is 1.81. The molecule has 1 aromatic heterocycles. The van der Waals surface area contributed by atoms with Gasteiger partial charge >= 0.3 is 0 Å². The molecule has 2 nitrogen and oxygen atoms in total. The van der Waals surface area contributed by atoms with Crippen molar-refractivity contribution >= 4 is 45.8 Å². The van der Waals surface area contributed by atoms with E-state index in [1.165, 1.54) is 0 Å². The maximum Gasteiger partial charge on any atom is 0.198 e. The molecule has 1 heterocycles. The van der Waals surface area contributed by atoms with Gasteiger partial charge in [-0.1, -0.05) is 40.9 Å². The summed E-state index contributed by atoms with van der Waals surface area (Å²) < 4.78 is 3.95. The van der Waals surface area contributed by atoms with Crippen LogP contribution in [0.1, 0.15) is 11.5 Å². The van der Waals surface area contributed by atoms with Crippen LogP contribution in [-0.2, 0) is 0 Å². The van der Waals surface area contributed by atoms with Crippen LogP contribution in [0, 0.1) is 0 Å². The van der Waals surface area contributed by atoms with Crippen LogP contribution in [0.2, 0.25) is 0 Å². The van der Waals surface area contributed by atoms with Crippen LogP contribution < -0.4 is 5.32 Å². The smallest absolute Gasteiger partial charge is 0.198 e. The molecule has 2 aromatic rings. The molecular formula is C12H12Cl3NO. The Labute approximate surface area is 115 Å². The third-order valence-corrected chi connectivity index (χ3v) is 3.47. The average Bonchev–Trinajstić information content (AvgIpc) is 2.71.